The van der Waals surface area contributed by atoms with Crippen LogP contribution in [0.25, 0.3) is 10.6 Å². The average Bonchev–Trinajstić information content (AvgIpc) is 3.52. The number of hydrogen-bond acceptors (Lipinski definition) is 5. The van der Waals surface area contributed by atoms with Crippen molar-refractivity contribution in [2.75, 3.05) is 0 Å². The Kier molecular flexibility index (Phi) is 4.69. The number of nitrogens with one attached hydrogen (secondary N) is 1. The Morgan fingerprint density at radius 1 is 0.900 bits per heavy atom. The molecular formula is C23H17N3O2S2. The van der Waals surface area contributed by atoms with Gasteiger partial charge in [-0.2, -0.15) is 11.3 Å². The van der Waals surface area contributed by atoms with E-state index in [9.17, 15) is 9.59 Å². The maximum atomic E-state index is 13.7. The molecule has 3 heterocycles. The van der Waals surface area contributed by atoms with Crippen LogP contribution in [0.5, 0.6) is 0 Å². The highest BCUT2D eigenvalue weighted by Crippen LogP contribution is 2.37. The minimum atomic E-state index is -1.24. The van der Waals surface area contributed by atoms with E-state index in [0.29, 0.717) is 5.69 Å². The zero-order valence-corrected chi connectivity index (χ0v) is 17.5. The molecule has 0 saturated carbocycles. The van der Waals surface area contributed by atoms with E-state index in [-0.39, 0.29) is 12.5 Å². The number of thiophene rings is 1. The van der Waals surface area contributed by atoms with Crippen LogP contribution in [0, 0.1) is 0 Å². The van der Waals surface area contributed by atoms with Crippen molar-refractivity contribution < 1.29 is 9.59 Å². The maximum absolute atomic E-state index is 13.7. The number of nitrogens with zero attached hydrogens (tertiary/aromatic N) is 2. The first-order valence-electron chi connectivity index (χ1n) is 9.40. The number of carbonyl (C=O) groups is 2. The molecule has 4 aromatic rings. The second-order valence-electron chi connectivity index (χ2n) is 6.96. The van der Waals surface area contributed by atoms with Gasteiger partial charge in [0.2, 0.25) is 0 Å². The van der Waals surface area contributed by atoms with Crippen molar-refractivity contribution in [3.63, 3.8) is 0 Å². The fourth-order valence-electron chi connectivity index (χ4n) is 3.71. The SMILES string of the molecule is O=C1NC(c2ccccc2)(c2ccccc2)C(=O)N1Cc1csc(-c2ccsc2)n1. The Hall–Kier alpha value is -3.29. The summed E-state index contributed by atoms with van der Waals surface area (Å²) in [6, 6.07) is 20.3. The average molecular weight is 432 g/mol. The van der Waals surface area contributed by atoms with Gasteiger partial charge in [0.15, 0.2) is 5.54 Å². The molecule has 0 radical (unpaired) electrons. The van der Waals surface area contributed by atoms with Gasteiger partial charge in [0.05, 0.1) is 12.2 Å². The first kappa shape index (κ1) is 18.7. The lowest BCUT2D eigenvalue weighted by molar-refractivity contribution is -0.130. The molecule has 1 fully saturated rings. The van der Waals surface area contributed by atoms with Gasteiger partial charge in [-0.15, -0.1) is 11.3 Å². The van der Waals surface area contributed by atoms with Gasteiger partial charge in [-0.25, -0.2) is 9.78 Å². The predicted molar refractivity (Wildman–Crippen MR) is 118 cm³/mol. The Morgan fingerprint density at radius 3 is 2.17 bits per heavy atom. The van der Waals surface area contributed by atoms with Crippen molar-refractivity contribution >= 4 is 34.6 Å². The molecule has 5 nitrogen and oxygen atoms in total. The van der Waals surface area contributed by atoms with E-state index in [0.717, 1.165) is 21.7 Å². The molecule has 1 aliphatic rings. The summed E-state index contributed by atoms with van der Waals surface area (Å²) < 4.78 is 0. The van der Waals surface area contributed by atoms with E-state index in [2.05, 4.69) is 10.3 Å². The van der Waals surface area contributed by atoms with Crippen LogP contribution in [0.1, 0.15) is 16.8 Å². The van der Waals surface area contributed by atoms with Gasteiger partial charge < -0.3 is 5.32 Å². The smallest absolute Gasteiger partial charge is 0.315 e. The summed E-state index contributed by atoms with van der Waals surface area (Å²) in [5.41, 5.74) is 1.97. The number of carbonyl (C=O) groups excluding carboxylic acids is 2. The summed E-state index contributed by atoms with van der Waals surface area (Å²) in [7, 11) is 0. The molecule has 0 spiro atoms. The molecule has 7 heteroatoms. The largest absolute Gasteiger partial charge is 0.325 e. The third-order valence-corrected chi connectivity index (χ3v) is 6.78. The van der Waals surface area contributed by atoms with Crippen LogP contribution in [-0.2, 0) is 16.9 Å². The van der Waals surface area contributed by atoms with Crippen molar-refractivity contribution in [3.05, 3.63) is 99.7 Å². The number of benzene rings is 2. The lowest BCUT2D eigenvalue weighted by atomic mass is 9.82. The second kappa shape index (κ2) is 7.51. The highest BCUT2D eigenvalue weighted by Gasteiger charge is 2.53. The number of aromatic nitrogens is 1. The summed E-state index contributed by atoms with van der Waals surface area (Å²) >= 11 is 3.12. The molecule has 3 amide bonds. The molecular weight excluding hydrogens is 414 g/mol. The van der Waals surface area contributed by atoms with E-state index in [1.54, 1.807) is 11.3 Å². The third-order valence-electron chi connectivity index (χ3n) is 5.16. The maximum Gasteiger partial charge on any atom is 0.325 e. The monoisotopic (exact) mass is 431 g/mol. The van der Waals surface area contributed by atoms with E-state index in [1.165, 1.54) is 16.2 Å². The highest BCUT2D eigenvalue weighted by molar-refractivity contribution is 7.14. The zero-order chi connectivity index (χ0) is 20.6. The molecule has 1 aliphatic heterocycles. The van der Waals surface area contributed by atoms with Crippen molar-refractivity contribution in [2.24, 2.45) is 0 Å². The molecule has 2 aromatic carbocycles. The molecule has 0 atom stereocenters. The van der Waals surface area contributed by atoms with E-state index in [1.807, 2.05) is 82.9 Å². The van der Waals surface area contributed by atoms with Gasteiger partial charge in [0, 0.05) is 16.3 Å². The fraction of sp³-hybridized carbons (Fsp3) is 0.0870. The number of thiazole rings is 1. The second-order valence-corrected chi connectivity index (χ2v) is 8.60. The van der Waals surface area contributed by atoms with Crippen molar-refractivity contribution in [1.29, 1.82) is 0 Å². The Bertz CT molecular complexity index is 1150. The standard InChI is InChI=1S/C23H17N3O2S2/c27-21-23(17-7-3-1-4-8-17,18-9-5-2-6-10-18)25-22(28)26(21)13-19-15-30-20(24-19)16-11-12-29-14-16/h1-12,14-15H,13H2,(H,25,28). The van der Waals surface area contributed by atoms with Crippen LogP contribution < -0.4 is 5.32 Å². The quantitative estimate of drug-likeness (QED) is 0.459. The minimum Gasteiger partial charge on any atom is -0.315 e. The van der Waals surface area contributed by atoms with E-state index < -0.39 is 11.6 Å². The van der Waals surface area contributed by atoms with Gasteiger partial charge >= 0.3 is 6.03 Å². The number of imide groups is 1. The summed E-state index contributed by atoms with van der Waals surface area (Å²) in [6.45, 7) is 0.132. The number of urea groups is 1. The van der Waals surface area contributed by atoms with Gasteiger partial charge in [0.1, 0.15) is 5.01 Å². The Balaban J connectivity index is 1.51. The van der Waals surface area contributed by atoms with Crippen LogP contribution in [0.2, 0.25) is 0 Å². The number of hydrogen-bond donors (Lipinski definition) is 1. The van der Waals surface area contributed by atoms with Crippen molar-refractivity contribution in [2.45, 2.75) is 12.1 Å². The zero-order valence-electron chi connectivity index (χ0n) is 15.8. The van der Waals surface area contributed by atoms with Crippen LogP contribution in [-0.4, -0.2) is 21.8 Å². The lowest BCUT2D eigenvalue weighted by Crippen LogP contribution is -2.45. The Labute approximate surface area is 181 Å². The summed E-state index contributed by atoms with van der Waals surface area (Å²) in [4.78, 5) is 32.5. The van der Waals surface area contributed by atoms with Crippen LogP contribution >= 0.6 is 22.7 Å². The highest BCUT2D eigenvalue weighted by atomic mass is 32.1. The molecule has 1 N–H and O–H groups in total. The number of amides is 3. The normalized spacial score (nSPS) is 15.4. The molecule has 5 rings (SSSR count). The third kappa shape index (κ3) is 3.03. The summed E-state index contributed by atoms with van der Waals surface area (Å²) in [5.74, 6) is -0.296. The first-order valence-corrected chi connectivity index (χ1v) is 11.2. The van der Waals surface area contributed by atoms with E-state index >= 15 is 0 Å². The topological polar surface area (TPSA) is 62.3 Å². The van der Waals surface area contributed by atoms with Crippen LogP contribution in [0.4, 0.5) is 4.79 Å². The lowest BCUT2D eigenvalue weighted by Gasteiger charge is -2.27. The van der Waals surface area contributed by atoms with Gasteiger partial charge in [0.25, 0.3) is 5.91 Å². The molecule has 148 valence electrons. The molecule has 2 aromatic heterocycles. The summed E-state index contributed by atoms with van der Waals surface area (Å²) in [5, 5.41) is 9.79. The van der Waals surface area contributed by atoms with Crippen LogP contribution in [0.3, 0.4) is 0 Å². The van der Waals surface area contributed by atoms with Crippen LogP contribution in [0.15, 0.2) is 82.9 Å². The molecule has 0 bridgehead atoms. The molecule has 30 heavy (non-hydrogen) atoms. The van der Waals surface area contributed by atoms with Gasteiger partial charge in [-0.05, 0) is 22.6 Å². The van der Waals surface area contributed by atoms with Crippen molar-refractivity contribution in [3.8, 4) is 10.6 Å². The number of rotatable bonds is 5. The molecule has 1 saturated heterocycles. The first-order chi connectivity index (χ1) is 14.7. The minimum absolute atomic E-state index is 0.132. The van der Waals surface area contributed by atoms with Gasteiger partial charge in [-0.1, -0.05) is 60.7 Å². The van der Waals surface area contributed by atoms with Crippen molar-refractivity contribution in [1.82, 2.24) is 15.2 Å². The molecule has 0 aliphatic carbocycles. The van der Waals surface area contributed by atoms with Gasteiger partial charge in [-0.3, -0.25) is 9.69 Å². The fourth-order valence-corrected chi connectivity index (χ4v) is 5.24. The molecule has 0 unspecified atom stereocenters. The summed E-state index contributed by atoms with van der Waals surface area (Å²) in [6.07, 6.45) is 0. The Morgan fingerprint density at radius 2 is 1.57 bits per heavy atom. The van der Waals surface area contributed by atoms with E-state index in [4.69, 9.17) is 0 Å². The predicted octanol–water partition coefficient (Wildman–Crippen LogP) is 4.87.